The molecule has 0 saturated carbocycles. The van der Waals surface area contributed by atoms with Crippen molar-refractivity contribution in [2.75, 3.05) is 4.90 Å². The Morgan fingerprint density at radius 2 is 1.80 bits per heavy atom. The number of halogens is 4. The Morgan fingerprint density at radius 3 is 2.45 bits per heavy atom. The molecule has 0 radical (unpaired) electrons. The third-order valence-electron chi connectivity index (χ3n) is 3.18. The summed E-state index contributed by atoms with van der Waals surface area (Å²) in [5.74, 6) is -0.158. The molecule has 6 heteroatoms. The van der Waals surface area contributed by atoms with Gasteiger partial charge in [-0.3, -0.25) is 5.41 Å². The van der Waals surface area contributed by atoms with Gasteiger partial charge in [0.05, 0.1) is 22.3 Å². The molecule has 0 unspecified atom stereocenters. The lowest BCUT2D eigenvalue weighted by Crippen LogP contribution is -2.23. The lowest BCUT2D eigenvalue weighted by molar-refractivity contribution is 0.627. The van der Waals surface area contributed by atoms with Gasteiger partial charge in [-0.05, 0) is 29.8 Å². The molecule has 0 aromatic heterocycles. The zero-order valence-corrected chi connectivity index (χ0v) is 13.2. The molecule has 2 nitrogen and oxygen atoms in total. The van der Waals surface area contributed by atoms with Crippen LogP contribution < -0.4 is 4.90 Å². The van der Waals surface area contributed by atoms with E-state index in [0.29, 0.717) is 27.8 Å². The van der Waals surface area contributed by atoms with Crippen LogP contribution in [0.2, 0.25) is 10.0 Å². The summed E-state index contributed by atoms with van der Waals surface area (Å²) in [7, 11) is 0. The third kappa shape index (κ3) is 2.22. The van der Waals surface area contributed by atoms with Crippen LogP contribution in [0.1, 0.15) is 11.1 Å². The van der Waals surface area contributed by atoms with E-state index in [0.717, 1.165) is 10.0 Å². The van der Waals surface area contributed by atoms with Crippen molar-refractivity contribution in [1.82, 2.24) is 0 Å². The normalized spacial score (nSPS) is 13.8. The van der Waals surface area contributed by atoms with Crippen molar-refractivity contribution >= 4 is 50.7 Å². The number of hydrogen-bond donors (Lipinski definition) is 1. The smallest absolute Gasteiger partial charge is 0.133 e. The summed E-state index contributed by atoms with van der Waals surface area (Å²) in [5.41, 5.74) is 2.02. The second-order valence-corrected chi connectivity index (χ2v) is 6.18. The minimum absolute atomic E-state index is 0.200. The molecule has 2 aromatic rings. The Bertz CT molecular complexity index is 710. The number of anilines is 1. The minimum Gasteiger partial charge on any atom is -0.319 e. The number of nitrogens with one attached hydrogen (secondary N) is 1. The predicted octanol–water partition coefficient (Wildman–Crippen LogP) is 5.24. The number of benzene rings is 2. The molecule has 1 heterocycles. The first-order valence-corrected chi connectivity index (χ1v) is 7.31. The summed E-state index contributed by atoms with van der Waals surface area (Å²) in [6.45, 7) is 0.454. The molecule has 102 valence electrons. The molecule has 0 bridgehead atoms. The van der Waals surface area contributed by atoms with Gasteiger partial charge in [-0.25, -0.2) is 4.39 Å². The van der Waals surface area contributed by atoms with Gasteiger partial charge in [0.15, 0.2) is 0 Å². The summed E-state index contributed by atoms with van der Waals surface area (Å²) < 4.78 is 14.1. The van der Waals surface area contributed by atoms with E-state index in [4.69, 9.17) is 28.6 Å². The van der Waals surface area contributed by atoms with E-state index in [1.54, 1.807) is 23.1 Å². The molecule has 3 rings (SSSR count). The Kier molecular flexibility index (Phi) is 3.48. The number of hydrogen-bond acceptors (Lipinski definition) is 1. The lowest BCUT2D eigenvalue weighted by atomic mass is 10.1. The van der Waals surface area contributed by atoms with E-state index < -0.39 is 0 Å². The highest BCUT2D eigenvalue weighted by Crippen LogP contribution is 2.40. The van der Waals surface area contributed by atoms with Gasteiger partial charge in [-0.1, -0.05) is 45.2 Å². The van der Waals surface area contributed by atoms with Crippen molar-refractivity contribution in [1.29, 1.82) is 5.41 Å². The topological polar surface area (TPSA) is 27.1 Å². The van der Waals surface area contributed by atoms with E-state index in [2.05, 4.69) is 15.9 Å². The van der Waals surface area contributed by atoms with Crippen molar-refractivity contribution in [2.24, 2.45) is 0 Å². The molecular formula is C14H8BrCl2FN2. The lowest BCUT2D eigenvalue weighted by Gasteiger charge is -2.21. The molecule has 1 aliphatic rings. The molecule has 2 aromatic carbocycles. The van der Waals surface area contributed by atoms with Gasteiger partial charge >= 0.3 is 0 Å². The highest BCUT2D eigenvalue weighted by atomic mass is 79.9. The summed E-state index contributed by atoms with van der Waals surface area (Å²) in [6.07, 6.45) is 0. The standard InChI is InChI=1S/C14H8BrCl2FN2/c15-8-3-11(16)13(12(17)4-8)20-6-7-1-2-9(18)5-10(7)14(20)19/h1-5,19H,6H2. The van der Waals surface area contributed by atoms with Crippen LogP contribution in [0.4, 0.5) is 10.1 Å². The van der Waals surface area contributed by atoms with Crippen LogP contribution >= 0.6 is 39.1 Å². The Balaban J connectivity index is 2.09. The van der Waals surface area contributed by atoms with E-state index in [1.807, 2.05) is 0 Å². The monoisotopic (exact) mass is 372 g/mol. The zero-order chi connectivity index (χ0) is 14.4. The van der Waals surface area contributed by atoms with Gasteiger partial charge in [0.1, 0.15) is 11.7 Å². The first-order chi connectivity index (χ1) is 9.47. The zero-order valence-electron chi connectivity index (χ0n) is 10.1. The fourth-order valence-corrected chi connectivity index (χ4v) is 3.70. The maximum atomic E-state index is 13.3. The summed E-state index contributed by atoms with van der Waals surface area (Å²) in [5, 5.41) is 9.09. The third-order valence-corrected chi connectivity index (χ3v) is 4.21. The van der Waals surface area contributed by atoms with E-state index in [1.165, 1.54) is 12.1 Å². The number of rotatable bonds is 1. The summed E-state index contributed by atoms with van der Waals surface area (Å²) in [4.78, 5) is 1.68. The Labute approximate surface area is 133 Å². The molecular weight excluding hydrogens is 366 g/mol. The van der Waals surface area contributed by atoms with Gasteiger partial charge in [0.25, 0.3) is 0 Å². The number of nitrogens with zero attached hydrogens (tertiary/aromatic N) is 1. The highest BCUT2D eigenvalue weighted by molar-refractivity contribution is 9.10. The van der Waals surface area contributed by atoms with Gasteiger partial charge in [0, 0.05) is 10.0 Å². The molecule has 0 saturated heterocycles. The molecule has 0 atom stereocenters. The molecule has 0 fully saturated rings. The Hall–Kier alpha value is -1.10. The minimum atomic E-state index is -0.358. The number of fused-ring (bicyclic) bond motifs is 1. The quantitative estimate of drug-likeness (QED) is 0.726. The van der Waals surface area contributed by atoms with Crippen LogP contribution in [0.25, 0.3) is 0 Å². The van der Waals surface area contributed by atoms with E-state index in [9.17, 15) is 4.39 Å². The average molecular weight is 374 g/mol. The number of amidine groups is 1. The fraction of sp³-hybridized carbons (Fsp3) is 0.0714. The molecule has 1 aliphatic heterocycles. The fourth-order valence-electron chi connectivity index (χ4n) is 2.29. The van der Waals surface area contributed by atoms with Crippen LogP contribution in [-0.4, -0.2) is 5.84 Å². The average Bonchev–Trinajstić information content (AvgIpc) is 2.66. The maximum Gasteiger partial charge on any atom is 0.133 e. The first-order valence-electron chi connectivity index (χ1n) is 5.77. The van der Waals surface area contributed by atoms with Crippen LogP contribution in [0.3, 0.4) is 0 Å². The van der Waals surface area contributed by atoms with Gasteiger partial charge in [-0.15, -0.1) is 0 Å². The van der Waals surface area contributed by atoms with Crippen molar-refractivity contribution in [3.63, 3.8) is 0 Å². The van der Waals surface area contributed by atoms with Crippen molar-refractivity contribution in [2.45, 2.75) is 6.54 Å². The molecule has 0 spiro atoms. The van der Waals surface area contributed by atoms with E-state index >= 15 is 0 Å². The van der Waals surface area contributed by atoms with Crippen LogP contribution in [0, 0.1) is 11.2 Å². The van der Waals surface area contributed by atoms with Crippen LogP contribution in [0.5, 0.6) is 0 Å². The van der Waals surface area contributed by atoms with Crippen molar-refractivity contribution in [3.8, 4) is 0 Å². The summed E-state index contributed by atoms with van der Waals surface area (Å²) >= 11 is 15.8. The van der Waals surface area contributed by atoms with Crippen molar-refractivity contribution < 1.29 is 4.39 Å². The summed E-state index contributed by atoms with van der Waals surface area (Å²) in [6, 6.07) is 7.87. The van der Waals surface area contributed by atoms with Crippen molar-refractivity contribution in [3.05, 3.63) is 61.8 Å². The first kappa shape index (κ1) is 13.9. The van der Waals surface area contributed by atoms with E-state index in [-0.39, 0.29) is 11.7 Å². The second-order valence-electron chi connectivity index (χ2n) is 4.45. The SMILES string of the molecule is N=C1c2cc(F)ccc2CN1c1c(Cl)cc(Br)cc1Cl. The van der Waals surface area contributed by atoms with Gasteiger partial charge in [0.2, 0.25) is 0 Å². The Morgan fingerprint density at radius 1 is 1.15 bits per heavy atom. The molecule has 20 heavy (non-hydrogen) atoms. The molecule has 0 amide bonds. The maximum absolute atomic E-state index is 13.3. The molecule has 0 aliphatic carbocycles. The largest absolute Gasteiger partial charge is 0.319 e. The van der Waals surface area contributed by atoms with Crippen LogP contribution in [-0.2, 0) is 6.54 Å². The highest BCUT2D eigenvalue weighted by Gasteiger charge is 2.28. The predicted molar refractivity (Wildman–Crippen MR) is 83.6 cm³/mol. The second kappa shape index (κ2) is 5.02. The van der Waals surface area contributed by atoms with Gasteiger partial charge in [-0.2, -0.15) is 0 Å². The van der Waals surface area contributed by atoms with Crippen LogP contribution in [0.15, 0.2) is 34.8 Å². The van der Waals surface area contributed by atoms with Gasteiger partial charge < -0.3 is 4.90 Å². The molecule has 1 N–H and O–H groups in total.